The number of halogens is 2. The lowest BCUT2D eigenvalue weighted by atomic mass is 9.77. The summed E-state index contributed by atoms with van der Waals surface area (Å²) in [5.74, 6) is -3.57. The molecule has 0 radical (unpaired) electrons. The first-order valence-electron chi connectivity index (χ1n) is 22.0. The lowest BCUT2D eigenvalue weighted by Gasteiger charge is -2.32. The summed E-state index contributed by atoms with van der Waals surface area (Å²) in [6, 6.07) is 21.3. The number of nitrogens with one attached hydrogen (secondary N) is 3. The van der Waals surface area contributed by atoms with Gasteiger partial charge >= 0.3 is 25.3 Å². The number of hydrogen-bond acceptors (Lipinski definition) is 11. The molecule has 1 aliphatic rings. The summed E-state index contributed by atoms with van der Waals surface area (Å²) in [5.41, 5.74) is -0.0352. The van der Waals surface area contributed by atoms with Crippen molar-refractivity contribution in [1.82, 2.24) is 20.9 Å². The van der Waals surface area contributed by atoms with Crippen LogP contribution in [0.4, 0.5) is 14.0 Å². The van der Waals surface area contributed by atoms with Gasteiger partial charge in [0.1, 0.15) is 49.3 Å². The van der Waals surface area contributed by atoms with E-state index in [4.69, 9.17) is 28.3 Å². The van der Waals surface area contributed by atoms with E-state index in [0.717, 1.165) is 16.5 Å². The van der Waals surface area contributed by atoms with Gasteiger partial charge in [-0.05, 0) is 118 Å². The highest BCUT2D eigenvalue weighted by molar-refractivity contribution is 14.1. The minimum Gasteiger partial charge on any atom is -0.491 e. The molecule has 1 aliphatic heterocycles. The van der Waals surface area contributed by atoms with Gasteiger partial charge in [0.2, 0.25) is 11.8 Å². The van der Waals surface area contributed by atoms with Crippen molar-refractivity contribution in [3.8, 4) is 11.5 Å². The molecule has 3 atom stereocenters. The highest BCUT2D eigenvalue weighted by Crippen LogP contribution is 2.38. The number of nitrogens with zero attached hydrogens (tertiary/aromatic N) is 1. The highest BCUT2D eigenvalue weighted by atomic mass is 127. The molecule has 3 unspecified atom stereocenters. The molecule has 1 saturated heterocycles. The van der Waals surface area contributed by atoms with E-state index >= 15 is 4.39 Å². The van der Waals surface area contributed by atoms with E-state index in [1.54, 1.807) is 63.2 Å². The van der Waals surface area contributed by atoms with E-state index < -0.39 is 77.8 Å². The third kappa shape index (κ3) is 14.5. The smallest absolute Gasteiger partial charge is 0.491 e. The van der Waals surface area contributed by atoms with Crippen molar-refractivity contribution in [2.75, 3.05) is 20.2 Å². The molecule has 4 aromatic rings. The van der Waals surface area contributed by atoms with Gasteiger partial charge in [0.05, 0.1) is 21.3 Å². The predicted molar refractivity (Wildman–Crippen MR) is 260 cm³/mol. The number of benzene rings is 4. The van der Waals surface area contributed by atoms with Gasteiger partial charge in [-0.25, -0.2) is 18.8 Å². The van der Waals surface area contributed by atoms with Gasteiger partial charge in [0.15, 0.2) is 11.6 Å². The van der Waals surface area contributed by atoms with Crippen LogP contribution in [0.1, 0.15) is 83.7 Å². The van der Waals surface area contributed by atoms with Crippen molar-refractivity contribution in [1.29, 1.82) is 0 Å². The zero-order valence-electron chi connectivity index (χ0n) is 39.6. The van der Waals surface area contributed by atoms with Gasteiger partial charge < -0.3 is 49.3 Å². The molecule has 0 aromatic heterocycles. The quantitative estimate of drug-likeness (QED) is 0.0434. The molecule has 1 heterocycles. The van der Waals surface area contributed by atoms with Gasteiger partial charge in [-0.1, -0.05) is 72.8 Å². The summed E-state index contributed by atoms with van der Waals surface area (Å²) >= 11 is 2.01. The molecule has 16 nitrogen and oxygen atoms in total. The van der Waals surface area contributed by atoms with Crippen LogP contribution in [0.25, 0.3) is 0 Å². The lowest BCUT2D eigenvalue weighted by Crippen LogP contribution is -2.53. The number of carbonyl (C=O) groups excluding carboxylic acids is 4. The van der Waals surface area contributed by atoms with E-state index in [0.29, 0.717) is 20.4 Å². The van der Waals surface area contributed by atoms with E-state index in [2.05, 4.69) is 16.0 Å². The van der Waals surface area contributed by atoms with Gasteiger partial charge in [-0.2, -0.15) is 0 Å². The zero-order valence-corrected chi connectivity index (χ0v) is 41.8. The fourth-order valence-electron chi connectivity index (χ4n) is 6.82. The molecule has 0 aliphatic carbocycles. The molecule has 19 heteroatoms. The van der Waals surface area contributed by atoms with Crippen LogP contribution in [0.15, 0.2) is 91.0 Å². The molecule has 1 fully saturated rings. The largest absolute Gasteiger partial charge is 0.498 e. The molecule has 364 valence electrons. The third-order valence-corrected chi connectivity index (χ3v) is 11.9. The number of likely N-dealkylation sites (N-methyl/N-ethyl adjacent to an activating group) is 1. The van der Waals surface area contributed by atoms with Crippen molar-refractivity contribution in [2.24, 2.45) is 0 Å². The van der Waals surface area contributed by atoms with Crippen LogP contribution in [-0.4, -0.2) is 96.2 Å². The van der Waals surface area contributed by atoms with E-state index in [-0.39, 0.29) is 49.6 Å². The second-order valence-electron chi connectivity index (χ2n) is 18.2. The Balaban J connectivity index is 1.32. The molecule has 0 spiro atoms. The number of ether oxygens (including phenoxy) is 4. The van der Waals surface area contributed by atoms with Gasteiger partial charge in [0.25, 0.3) is 0 Å². The predicted octanol–water partition coefficient (Wildman–Crippen LogP) is 6.84. The number of carboxylic acids is 1. The topological polar surface area (TPSA) is 200 Å². The molecule has 4 amide bonds. The number of alkyl carbamates (subject to hydrolysis) is 1. The molecule has 0 bridgehead atoms. The lowest BCUT2D eigenvalue weighted by molar-refractivity contribution is -0.142. The molecule has 68 heavy (non-hydrogen) atoms. The average Bonchev–Trinajstić information content (AvgIpc) is 3.49. The summed E-state index contributed by atoms with van der Waals surface area (Å²) < 4.78 is 51.9. The third-order valence-electron chi connectivity index (χ3n) is 11.1. The summed E-state index contributed by atoms with van der Waals surface area (Å²) in [7, 11) is 0.298. The minimum atomic E-state index is -1.58. The van der Waals surface area contributed by atoms with Crippen LogP contribution in [-0.2, 0) is 52.8 Å². The van der Waals surface area contributed by atoms with Gasteiger partial charge in [0, 0.05) is 18.9 Å². The van der Waals surface area contributed by atoms with E-state index in [1.165, 1.54) is 20.0 Å². The molecule has 4 aromatic carbocycles. The van der Waals surface area contributed by atoms with Crippen LogP contribution >= 0.6 is 22.6 Å². The van der Waals surface area contributed by atoms with Crippen molar-refractivity contribution in [2.45, 2.75) is 110 Å². The van der Waals surface area contributed by atoms with E-state index in [9.17, 15) is 29.1 Å². The summed E-state index contributed by atoms with van der Waals surface area (Å²) in [6.45, 7) is 14.2. The van der Waals surface area contributed by atoms with Crippen LogP contribution < -0.4 is 30.9 Å². The van der Waals surface area contributed by atoms with E-state index in [1.807, 2.05) is 86.7 Å². The Kier molecular flexibility index (Phi) is 17.9. The number of amides is 4. The minimum absolute atomic E-state index is 0.0299. The summed E-state index contributed by atoms with van der Waals surface area (Å²) in [6.07, 6.45) is -1.81. The number of rotatable bonds is 19. The van der Waals surface area contributed by atoms with Crippen molar-refractivity contribution >= 4 is 65.1 Å². The maximum Gasteiger partial charge on any atom is 0.498 e. The maximum absolute atomic E-state index is 16.1. The average molecular weight is 1050 g/mol. The summed E-state index contributed by atoms with van der Waals surface area (Å²) in [4.78, 5) is 67.2. The standard InChI is InChI=1S/C49H59BFIN4O12/c1-30(42(57)55-38(44(59)60)26-33-24-35(50-67-48(5,6)49(7,8)68-50)41(36(51)25-33)64-28-31-16-12-10-13-17-31)54-43(58)40(56(9)46(62)65-29-32-18-14-11-15-19-32)34-20-21-39(37(52)27-34)63-23-22-53-45(61)66-47(2,3)4/h10-21,24-25,27,30,38,40H,22-23,26,28-29H2,1-9H3,(H,53,61)(H,54,58)(H,55,57)(H,59,60). The van der Waals surface area contributed by atoms with Gasteiger partial charge in [-0.3, -0.25) is 14.5 Å². The molecule has 5 rings (SSSR count). The van der Waals surface area contributed by atoms with Crippen LogP contribution in [0.2, 0.25) is 0 Å². The molecular weight excluding hydrogens is 993 g/mol. The van der Waals surface area contributed by atoms with Crippen LogP contribution in [0, 0.1) is 9.39 Å². The number of hydrogen-bond donors (Lipinski definition) is 4. The second kappa shape index (κ2) is 22.9. The second-order valence-corrected chi connectivity index (χ2v) is 19.4. The number of carboxylic acid groups (broad SMARTS) is 1. The molecule has 0 saturated carbocycles. The first kappa shape index (κ1) is 53.0. The zero-order chi connectivity index (χ0) is 50.0. The first-order valence-corrected chi connectivity index (χ1v) is 23.0. The highest BCUT2D eigenvalue weighted by Gasteiger charge is 2.53. The number of carbonyl (C=O) groups is 5. The van der Waals surface area contributed by atoms with Crippen molar-refractivity contribution in [3.05, 3.63) is 123 Å². The Hall–Kier alpha value is -5.93. The van der Waals surface area contributed by atoms with Crippen molar-refractivity contribution in [3.63, 3.8) is 0 Å². The SMILES string of the molecule is CC(NC(=O)C(c1ccc(OCCNC(=O)OC(C)(C)C)c(I)c1)N(C)C(=O)OCc1ccccc1)C(=O)NC(Cc1cc(F)c(OCc2ccccc2)c(B2OC(C)(C)C(C)(C)O2)c1)C(=O)O. The summed E-state index contributed by atoms with van der Waals surface area (Å²) in [5, 5.41) is 18.0. The van der Waals surface area contributed by atoms with Crippen LogP contribution in [0.5, 0.6) is 11.5 Å². The Morgan fingerprint density at radius 1 is 0.824 bits per heavy atom. The Labute approximate surface area is 410 Å². The normalized spacial score (nSPS) is 15.2. The number of aliphatic carboxylic acids is 1. The first-order chi connectivity index (χ1) is 31.9. The Bertz CT molecular complexity index is 2410. The molecular formula is C49H59BFIN4O12. The Morgan fingerprint density at radius 2 is 1.43 bits per heavy atom. The van der Waals surface area contributed by atoms with Crippen LogP contribution in [0.3, 0.4) is 0 Å². The monoisotopic (exact) mass is 1050 g/mol. The fourth-order valence-corrected chi connectivity index (χ4v) is 7.51. The molecule has 4 N–H and O–H groups in total. The van der Waals surface area contributed by atoms with Gasteiger partial charge in [-0.15, -0.1) is 0 Å². The Morgan fingerprint density at radius 3 is 2.00 bits per heavy atom. The fraction of sp³-hybridized carbons (Fsp3) is 0.408. The maximum atomic E-state index is 16.1. The van der Waals surface area contributed by atoms with Crippen molar-refractivity contribution < 1.29 is 61.7 Å².